The van der Waals surface area contributed by atoms with Gasteiger partial charge in [-0.05, 0) is 23.6 Å². The van der Waals surface area contributed by atoms with Crippen LogP contribution in [-0.2, 0) is 0 Å². The van der Waals surface area contributed by atoms with Crippen LogP contribution < -0.4 is 5.73 Å². The Morgan fingerprint density at radius 1 is 1.31 bits per heavy atom. The molecule has 2 aromatic heterocycles. The highest BCUT2D eigenvalue weighted by molar-refractivity contribution is 7.13. The van der Waals surface area contributed by atoms with E-state index in [0.717, 1.165) is 5.69 Å². The lowest BCUT2D eigenvalue weighted by Gasteiger charge is -1.82. The maximum atomic E-state index is 5.50. The molecule has 4 heteroatoms. The van der Waals surface area contributed by atoms with E-state index >= 15 is 0 Å². The Morgan fingerprint density at radius 2 is 2.23 bits per heavy atom. The van der Waals surface area contributed by atoms with Gasteiger partial charge in [0.15, 0.2) is 5.13 Å². The van der Waals surface area contributed by atoms with Crippen molar-refractivity contribution in [2.24, 2.45) is 0 Å². The highest BCUT2D eigenvalue weighted by atomic mass is 32.1. The van der Waals surface area contributed by atoms with E-state index in [-0.39, 0.29) is 0 Å². The fraction of sp³-hybridized carbons (Fsp3) is 0. The van der Waals surface area contributed by atoms with Crippen LogP contribution in [0.5, 0.6) is 0 Å². The number of hydrogen-bond donors (Lipinski definition) is 1. The molecule has 0 atom stereocenters. The molecule has 66 valence electrons. The normalized spacial score (nSPS) is 11.1. The number of nitrogens with zero attached hydrogens (tertiary/aromatic N) is 1. The van der Waals surface area contributed by atoms with Crippen LogP contribution >= 0.6 is 22.7 Å². The molecule has 0 aliphatic heterocycles. The fourth-order valence-electron chi connectivity index (χ4n) is 0.931. The van der Waals surface area contributed by atoms with Crippen molar-refractivity contribution < 1.29 is 0 Å². The van der Waals surface area contributed by atoms with E-state index < -0.39 is 0 Å². The predicted octanol–water partition coefficient (Wildman–Crippen LogP) is 2.96. The minimum Gasteiger partial charge on any atom is -0.375 e. The number of rotatable bonds is 2. The molecule has 0 spiro atoms. The molecule has 0 fully saturated rings. The summed E-state index contributed by atoms with van der Waals surface area (Å²) in [5, 5.41) is 4.61. The van der Waals surface area contributed by atoms with Crippen molar-refractivity contribution in [3.8, 4) is 0 Å². The molecule has 0 radical (unpaired) electrons. The van der Waals surface area contributed by atoms with Crippen molar-refractivity contribution in [2.45, 2.75) is 0 Å². The number of hydrogen-bond acceptors (Lipinski definition) is 4. The number of thiophene rings is 1. The van der Waals surface area contributed by atoms with E-state index in [1.807, 2.05) is 23.6 Å². The van der Waals surface area contributed by atoms with Gasteiger partial charge in [0, 0.05) is 10.3 Å². The third-order valence-electron chi connectivity index (χ3n) is 1.50. The number of anilines is 1. The predicted molar refractivity (Wildman–Crippen MR) is 59.8 cm³/mol. The Hall–Kier alpha value is -1.13. The minimum absolute atomic E-state index is 0.617. The summed E-state index contributed by atoms with van der Waals surface area (Å²) in [4.78, 5) is 5.35. The average molecular weight is 208 g/mol. The summed E-state index contributed by atoms with van der Waals surface area (Å²) in [6, 6.07) is 4.09. The molecule has 0 aromatic carbocycles. The Kier molecular flexibility index (Phi) is 2.42. The molecule has 2 aromatic rings. The van der Waals surface area contributed by atoms with Gasteiger partial charge in [0.2, 0.25) is 0 Å². The van der Waals surface area contributed by atoms with E-state index in [9.17, 15) is 0 Å². The Bertz CT molecular complexity index is 401. The van der Waals surface area contributed by atoms with Crippen molar-refractivity contribution in [2.75, 3.05) is 5.73 Å². The van der Waals surface area contributed by atoms with Gasteiger partial charge in [0.1, 0.15) is 0 Å². The van der Waals surface area contributed by atoms with Gasteiger partial charge in [-0.25, -0.2) is 4.98 Å². The van der Waals surface area contributed by atoms with Gasteiger partial charge in [0.05, 0.1) is 5.69 Å². The van der Waals surface area contributed by atoms with E-state index in [0.29, 0.717) is 5.13 Å². The van der Waals surface area contributed by atoms with Crippen molar-refractivity contribution >= 4 is 40.0 Å². The topological polar surface area (TPSA) is 38.9 Å². The third kappa shape index (κ3) is 2.17. The van der Waals surface area contributed by atoms with Crippen LogP contribution in [0.2, 0.25) is 0 Å². The fourth-order valence-corrected chi connectivity index (χ4v) is 2.08. The smallest absolute Gasteiger partial charge is 0.180 e. The van der Waals surface area contributed by atoms with Gasteiger partial charge in [-0.15, -0.1) is 22.7 Å². The minimum atomic E-state index is 0.617. The summed E-state index contributed by atoms with van der Waals surface area (Å²) in [7, 11) is 0. The van der Waals surface area contributed by atoms with Gasteiger partial charge in [0.25, 0.3) is 0 Å². The SMILES string of the molecule is Nc1nc(/C=C/c2cccs2)cs1. The first-order valence-electron chi connectivity index (χ1n) is 3.77. The largest absolute Gasteiger partial charge is 0.375 e. The summed E-state index contributed by atoms with van der Waals surface area (Å²) in [5.74, 6) is 0. The molecule has 0 aliphatic carbocycles. The molecular formula is C9H8N2S2. The van der Waals surface area contributed by atoms with E-state index in [4.69, 9.17) is 5.73 Å². The maximum Gasteiger partial charge on any atom is 0.180 e. The van der Waals surface area contributed by atoms with Crippen LogP contribution in [0.25, 0.3) is 12.2 Å². The standard InChI is InChI=1S/C9H8N2S2/c10-9-11-7(6-13-9)3-4-8-2-1-5-12-8/h1-6H,(H2,10,11)/b4-3+. The van der Waals surface area contributed by atoms with Crippen LogP contribution in [-0.4, -0.2) is 4.98 Å². The zero-order valence-electron chi connectivity index (χ0n) is 6.81. The Labute approximate surface area is 84.4 Å². The van der Waals surface area contributed by atoms with Crippen LogP contribution in [0.4, 0.5) is 5.13 Å². The van der Waals surface area contributed by atoms with Crippen molar-refractivity contribution in [1.82, 2.24) is 4.98 Å². The van der Waals surface area contributed by atoms with Crippen LogP contribution in [0.15, 0.2) is 22.9 Å². The maximum absolute atomic E-state index is 5.50. The molecule has 2 heterocycles. The number of aromatic nitrogens is 1. The molecule has 2 rings (SSSR count). The summed E-state index contributed by atoms with van der Waals surface area (Å²) in [5.41, 5.74) is 6.43. The molecule has 2 N–H and O–H groups in total. The summed E-state index contributed by atoms with van der Waals surface area (Å²) >= 11 is 3.17. The quantitative estimate of drug-likeness (QED) is 0.824. The van der Waals surface area contributed by atoms with Crippen LogP contribution in [0.1, 0.15) is 10.6 Å². The molecule has 0 amide bonds. The summed E-state index contributed by atoms with van der Waals surface area (Å²) < 4.78 is 0. The Morgan fingerprint density at radius 3 is 2.85 bits per heavy atom. The van der Waals surface area contributed by atoms with Crippen molar-refractivity contribution in [1.29, 1.82) is 0 Å². The number of nitrogens with two attached hydrogens (primary N) is 1. The third-order valence-corrected chi connectivity index (χ3v) is 3.03. The van der Waals surface area contributed by atoms with E-state index in [1.54, 1.807) is 11.3 Å². The first kappa shape index (κ1) is 8.47. The van der Waals surface area contributed by atoms with Gasteiger partial charge in [-0.3, -0.25) is 0 Å². The molecule has 0 unspecified atom stereocenters. The summed E-state index contributed by atoms with van der Waals surface area (Å²) in [6.45, 7) is 0. The van der Waals surface area contributed by atoms with Gasteiger partial charge in [-0.2, -0.15) is 0 Å². The zero-order chi connectivity index (χ0) is 9.10. The lowest BCUT2D eigenvalue weighted by molar-refractivity contribution is 1.39. The molecule has 13 heavy (non-hydrogen) atoms. The van der Waals surface area contributed by atoms with Crippen molar-refractivity contribution in [3.63, 3.8) is 0 Å². The monoisotopic (exact) mass is 208 g/mol. The Balaban J connectivity index is 2.14. The van der Waals surface area contributed by atoms with Gasteiger partial charge in [-0.1, -0.05) is 6.07 Å². The molecule has 2 nitrogen and oxygen atoms in total. The highest BCUT2D eigenvalue weighted by Crippen LogP contribution is 2.16. The molecule has 0 bridgehead atoms. The molecular weight excluding hydrogens is 200 g/mol. The van der Waals surface area contributed by atoms with E-state index in [2.05, 4.69) is 16.4 Å². The first-order valence-corrected chi connectivity index (χ1v) is 5.53. The molecule has 0 saturated heterocycles. The van der Waals surface area contributed by atoms with Crippen molar-refractivity contribution in [3.05, 3.63) is 33.5 Å². The zero-order valence-corrected chi connectivity index (χ0v) is 8.44. The van der Waals surface area contributed by atoms with E-state index in [1.165, 1.54) is 16.2 Å². The molecule has 0 aliphatic rings. The number of thiazole rings is 1. The van der Waals surface area contributed by atoms with Gasteiger partial charge < -0.3 is 5.73 Å². The van der Waals surface area contributed by atoms with Crippen LogP contribution in [0.3, 0.4) is 0 Å². The lowest BCUT2D eigenvalue weighted by atomic mass is 10.4. The average Bonchev–Trinajstić information content (AvgIpc) is 2.71. The second-order valence-electron chi connectivity index (χ2n) is 2.46. The van der Waals surface area contributed by atoms with Gasteiger partial charge >= 0.3 is 0 Å². The van der Waals surface area contributed by atoms with Crippen LogP contribution in [0, 0.1) is 0 Å². The summed E-state index contributed by atoms with van der Waals surface area (Å²) in [6.07, 6.45) is 4.01. The first-order chi connectivity index (χ1) is 6.34. The lowest BCUT2D eigenvalue weighted by Crippen LogP contribution is -1.80. The second-order valence-corrected chi connectivity index (χ2v) is 4.33. The number of nitrogen functional groups attached to an aromatic ring is 1. The second kappa shape index (κ2) is 3.72. The molecule has 0 saturated carbocycles. The highest BCUT2D eigenvalue weighted by Gasteiger charge is 1.93.